The summed E-state index contributed by atoms with van der Waals surface area (Å²) in [5.74, 6) is -3.01. The first-order chi connectivity index (χ1) is 8.47. The molecule has 0 aliphatic carbocycles. The normalized spacial score (nSPS) is 10.1. The molecule has 1 aromatic carbocycles. The van der Waals surface area contributed by atoms with E-state index in [9.17, 15) is 19.3 Å². The number of ether oxygens (including phenoxy) is 2. The van der Waals surface area contributed by atoms with Crippen LogP contribution in [0, 0.1) is 15.9 Å². The summed E-state index contributed by atoms with van der Waals surface area (Å²) in [5, 5.41) is 19.4. The molecule has 0 bridgehead atoms. The highest BCUT2D eigenvalue weighted by Crippen LogP contribution is 2.30. The number of rotatable bonds is 6. The number of hydrogen-bond donors (Lipinski definition) is 1. The van der Waals surface area contributed by atoms with Gasteiger partial charge in [0.25, 0.3) is 0 Å². The Hall–Kier alpha value is -2.22. The van der Waals surface area contributed by atoms with Crippen molar-refractivity contribution in [3.8, 4) is 5.75 Å². The van der Waals surface area contributed by atoms with Crippen LogP contribution in [0.1, 0.15) is 10.4 Å². The molecule has 0 saturated heterocycles. The summed E-state index contributed by atoms with van der Waals surface area (Å²) in [6.07, 6.45) is 0. The van der Waals surface area contributed by atoms with Gasteiger partial charge in [0.1, 0.15) is 18.0 Å². The molecule has 98 valence electrons. The van der Waals surface area contributed by atoms with Crippen molar-refractivity contribution in [1.29, 1.82) is 0 Å². The molecule has 1 rings (SSSR count). The highest BCUT2D eigenvalue weighted by molar-refractivity contribution is 5.89. The van der Waals surface area contributed by atoms with E-state index in [2.05, 4.69) is 4.74 Å². The quantitative estimate of drug-likeness (QED) is 0.471. The third-order valence-electron chi connectivity index (χ3n) is 2.02. The fourth-order valence-electron chi connectivity index (χ4n) is 1.20. The Bertz CT molecular complexity index is 476. The SMILES string of the molecule is COCCOc1cc(F)c(C(=O)O)cc1[N+](=O)[O-]. The maximum absolute atomic E-state index is 13.3. The van der Waals surface area contributed by atoms with Gasteiger partial charge >= 0.3 is 11.7 Å². The molecule has 0 aliphatic heterocycles. The summed E-state index contributed by atoms with van der Waals surface area (Å²) in [7, 11) is 1.41. The van der Waals surface area contributed by atoms with Crippen molar-refractivity contribution in [3.63, 3.8) is 0 Å². The predicted octanol–water partition coefficient (Wildman–Crippen LogP) is 1.46. The van der Waals surface area contributed by atoms with Crippen molar-refractivity contribution in [2.45, 2.75) is 0 Å². The van der Waals surface area contributed by atoms with Gasteiger partial charge in [0.2, 0.25) is 0 Å². The first-order valence-corrected chi connectivity index (χ1v) is 4.80. The number of benzene rings is 1. The molecule has 0 saturated carbocycles. The van der Waals surface area contributed by atoms with Crippen molar-refractivity contribution in [2.75, 3.05) is 20.3 Å². The van der Waals surface area contributed by atoms with Gasteiger partial charge in [-0.2, -0.15) is 0 Å². The fraction of sp³-hybridized carbons (Fsp3) is 0.300. The van der Waals surface area contributed by atoms with Gasteiger partial charge in [-0.1, -0.05) is 0 Å². The highest BCUT2D eigenvalue weighted by Gasteiger charge is 2.22. The molecule has 0 aliphatic rings. The number of carbonyl (C=O) groups is 1. The Kier molecular flexibility index (Phi) is 4.55. The van der Waals surface area contributed by atoms with Crippen LogP contribution in [0.5, 0.6) is 5.75 Å². The third kappa shape index (κ3) is 3.14. The minimum absolute atomic E-state index is 0.0107. The van der Waals surface area contributed by atoms with E-state index in [1.165, 1.54) is 7.11 Å². The van der Waals surface area contributed by atoms with E-state index >= 15 is 0 Å². The Labute approximate surface area is 101 Å². The molecule has 0 radical (unpaired) electrons. The summed E-state index contributed by atoms with van der Waals surface area (Å²) in [4.78, 5) is 20.5. The molecule has 8 heteroatoms. The molecule has 0 aromatic heterocycles. The molecule has 0 atom stereocenters. The lowest BCUT2D eigenvalue weighted by Crippen LogP contribution is -2.08. The van der Waals surface area contributed by atoms with E-state index in [4.69, 9.17) is 9.84 Å². The minimum atomic E-state index is -1.58. The second-order valence-corrected chi connectivity index (χ2v) is 3.20. The number of nitrogens with zero attached hydrogens (tertiary/aromatic N) is 1. The van der Waals surface area contributed by atoms with Crippen LogP contribution in [0.25, 0.3) is 0 Å². The lowest BCUT2D eigenvalue weighted by Gasteiger charge is -2.07. The van der Waals surface area contributed by atoms with E-state index < -0.39 is 28.0 Å². The fourth-order valence-corrected chi connectivity index (χ4v) is 1.20. The van der Waals surface area contributed by atoms with Gasteiger partial charge in [-0.05, 0) is 0 Å². The first-order valence-electron chi connectivity index (χ1n) is 4.80. The Morgan fingerprint density at radius 3 is 2.67 bits per heavy atom. The number of halogens is 1. The number of hydrogen-bond acceptors (Lipinski definition) is 5. The second kappa shape index (κ2) is 5.92. The van der Waals surface area contributed by atoms with Gasteiger partial charge in [-0.3, -0.25) is 10.1 Å². The number of nitro groups is 1. The average molecular weight is 259 g/mol. The highest BCUT2D eigenvalue weighted by atomic mass is 19.1. The lowest BCUT2D eigenvalue weighted by molar-refractivity contribution is -0.386. The maximum atomic E-state index is 13.3. The van der Waals surface area contributed by atoms with Crippen molar-refractivity contribution in [1.82, 2.24) is 0 Å². The van der Waals surface area contributed by atoms with Crippen molar-refractivity contribution < 1.29 is 28.7 Å². The van der Waals surface area contributed by atoms with E-state index in [1.54, 1.807) is 0 Å². The topological polar surface area (TPSA) is 98.9 Å². The molecular formula is C10H10FNO6. The first kappa shape index (κ1) is 13.8. The lowest BCUT2D eigenvalue weighted by atomic mass is 10.1. The molecule has 1 aromatic rings. The van der Waals surface area contributed by atoms with Gasteiger partial charge < -0.3 is 14.6 Å². The summed E-state index contributed by atoms with van der Waals surface area (Å²) >= 11 is 0. The van der Waals surface area contributed by atoms with Crippen LogP contribution in [-0.4, -0.2) is 36.3 Å². The van der Waals surface area contributed by atoms with E-state index in [-0.39, 0.29) is 19.0 Å². The molecule has 0 heterocycles. The van der Waals surface area contributed by atoms with E-state index in [0.717, 1.165) is 0 Å². The van der Waals surface area contributed by atoms with Crippen LogP contribution in [0.4, 0.5) is 10.1 Å². The molecular weight excluding hydrogens is 249 g/mol. The Morgan fingerprint density at radius 1 is 1.50 bits per heavy atom. The molecule has 1 N–H and O–H groups in total. The van der Waals surface area contributed by atoms with Crippen LogP contribution >= 0.6 is 0 Å². The van der Waals surface area contributed by atoms with Gasteiger partial charge in [0.15, 0.2) is 5.75 Å². The average Bonchev–Trinajstić information content (AvgIpc) is 2.28. The molecule has 0 spiro atoms. The number of aromatic carboxylic acids is 1. The number of methoxy groups -OCH3 is 1. The number of carboxylic acid groups (broad SMARTS) is 1. The molecule has 0 unspecified atom stereocenters. The van der Waals surface area contributed by atoms with Crippen molar-refractivity contribution >= 4 is 11.7 Å². The van der Waals surface area contributed by atoms with Crippen LogP contribution in [-0.2, 0) is 4.74 Å². The summed E-state index contributed by atoms with van der Waals surface area (Å²) in [6, 6.07) is 1.30. The number of carboxylic acids is 1. The standard InChI is InChI=1S/C10H10FNO6/c1-17-2-3-18-9-5-7(11)6(10(13)14)4-8(9)12(15)16/h4-5H,2-3H2,1H3,(H,13,14). The van der Waals surface area contributed by atoms with Gasteiger partial charge in [0.05, 0.1) is 11.5 Å². The maximum Gasteiger partial charge on any atom is 0.338 e. The van der Waals surface area contributed by atoms with Crippen LogP contribution in [0.15, 0.2) is 12.1 Å². The number of nitro benzene ring substituents is 1. The van der Waals surface area contributed by atoms with Crippen molar-refractivity contribution in [2.24, 2.45) is 0 Å². The molecule has 0 fully saturated rings. The monoisotopic (exact) mass is 259 g/mol. The van der Waals surface area contributed by atoms with E-state index in [1.807, 2.05) is 0 Å². The van der Waals surface area contributed by atoms with Crippen LogP contribution in [0.2, 0.25) is 0 Å². The van der Waals surface area contributed by atoms with Crippen LogP contribution in [0.3, 0.4) is 0 Å². The van der Waals surface area contributed by atoms with Gasteiger partial charge in [0, 0.05) is 19.2 Å². The van der Waals surface area contributed by atoms with Crippen LogP contribution < -0.4 is 4.74 Å². The second-order valence-electron chi connectivity index (χ2n) is 3.20. The summed E-state index contributed by atoms with van der Waals surface area (Å²) in [6.45, 7) is 0.155. The zero-order chi connectivity index (χ0) is 13.7. The summed E-state index contributed by atoms with van der Waals surface area (Å²) in [5.41, 5.74) is -1.38. The Morgan fingerprint density at radius 2 is 2.17 bits per heavy atom. The largest absolute Gasteiger partial charge is 0.484 e. The molecule has 18 heavy (non-hydrogen) atoms. The summed E-state index contributed by atoms with van der Waals surface area (Å²) < 4.78 is 23.0. The minimum Gasteiger partial charge on any atom is -0.484 e. The Balaban J connectivity index is 3.12. The zero-order valence-electron chi connectivity index (χ0n) is 9.38. The molecule has 7 nitrogen and oxygen atoms in total. The predicted molar refractivity (Wildman–Crippen MR) is 57.4 cm³/mol. The smallest absolute Gasteiger partial charge is 0.338 e. The third-order valence-corrected chi connectivity index (χ3v) is 2.02. The van der Waals surface area contributed by atoms with Crippen molar-refractivity contribution in [3.05, 3.63) is 33.6 Å². The van der Waals surface area contributed by atoms with Gasteiger partial charge in [-0.25, -0.2) is 9.18 Å². The van der Waals surface area contributed by atoms with Gasteiger partial charge in [-0.15, -0.1) is 0 Å². The molecule has 0 amide bonds. The zero-order valence-corrected chi connectivity index (χ0v) is 9.38. The van der Waals surface area contributed by atoms with E-state index in [0.29, 0.717) is 12.1 Å².